The Morgan fingerprint density at radius 3 is 2.10 bits per heavy atom. The molecule has 1 unspecified atom stereocenters. The number of fused-ring (bicyclic) bond motifs is 3. The standard InChI is InChI=1S/C33H29NO5/c1-38-30-12-11-20(16-28(30)35)15-27-26-19-29(36)31(39-2)18-23(26)13-14-34(27)33(37)32-24-9-5-3-7-21(24)17-22-8-4-6-10-25(22)32/h3-12,16-19,27,35-36H,13-15H2,1-2H3. The van der Waals surface area contributed by atoms with Gasteiger partial charge in [-0.1, -0.05) is 54.6 Å². The molecule has 0 bridgehead atoms. The zero-order valence-corrected chi connectivity index (χ0v) is 21.8. The first-order chi connectivity index (χ1) is 19.0. The van der Waals surface area contributed by atoms with Gasteiger partial charge in [0.05, 0.1) is 25.8 Å². The number of nitrogens with zero attached hydrogens (tertiary/aromatic N) is 1. The highest BCUT2D eigenvalue weighted by atomic mass is 16.5. The molecule has 6 rings (SSSR count). The average Bonchev–Trinajstić information content (AvgIpc) is 2.95. The number of methoxy groups -OCH3 is 2. The summed E-state index contributed by atoms with van der Waals surface area (Å²) in [7, 11) is 3.04. The molecule has 1 aliphatic rings. The monoisotopic (exact) mass is 519 g/mol. The topological polar surface area (TPSA) is 79.2 Å². The van der Waals surface area contributed by atoms with Crippen LogP contribution in [0.5, 0.6) is 23.0 Å². The van der Waals surface area contributed by atoms with Crippen molar-refractivity contribution in [2.24, 2.45) is 0 Å². The summed E-state index contributed by atoms with van der Waals surface area (Å²) >= 11 is 0. The van der Waals surface area contributed by atoms with Crippen molar-refractivity contribution in [1.82, 2.24) is 4.90 Å². The van der Waals surface area contributed by atoms with Gasteiger partial charge in [0.1, 0.15) is 0 Å². The first-order valence-corrected chi connectivity index (χ1v) is 13.0. The van der Waals surface area contributed by atoms with Crippen LogP contribution < -0.4 is 9.47 Å². The maximum absolute atomic E-state index is 14.6. The lowest BCUT2D eigenvalue weighted by molar-refractivity contribution is 0.0663. The third-order valence-electron chi connectivity index (χ3n) is 7.72. The van der Waals surface area contributed by atoms with Crippen molar-refractivity contribution in [3.8, 4) is 23.0 Å². The maximum Gasteiger partial charge on any atom is 0.255 e. The second-order valence-electron chi connectivity index (χ2n) is 9.89. The van der Waals surface area contributed by atoms with Crippen molar-refractivity contribution in [1.29, 1.82) is 0 Å². The van der Waals surface area contributed by atoms with Crippen LogP contribution in [0.25, 0.3) is 21.5 Å². The second kappa shape index (κ2) is 9.87. The van der Waals surface area contributed by atoms with Crippen LogP contribution in [0.1, 0.15) is 33.1 Å². The largest absolute Gasteiger partial charge is 0.504 e. The van der Waals surface area contributed by atoms with Gasteiger partial charge in [0.25, 0.3) is 5.91 Å². The van der Waals surface area contributed by atoms with Gasteiger partial charge < -0.3 is 24.6 Å². The molecule has 5 aromatic rings. The van der Waals surface area contributed by atoms with Gasteiger partial charge in [0.15, 0.2) is 23.0 Å². The lowest BCUT2D eigenvalue weighted by atomic mass is 9.86. The van der Waals surface area contributed by atoms with E-state index in [1.165, 1.54) is 14.2 Å². The van der Waals surface area contributed by atoms with Crippen molar-refractivity contribution in [2.75, 3.05) is 20.8 Å². The van der Waals surface area contributed by atoms with Crippen molar-refractivity contribution in [3.05, 3.63) is 107 Å². The molecule has 0 saturated heterocycles. The molecule has 6 heteroatoms. The Kier molecular flexibility index (Phi) is 6.23. The molecule has 0 aromatic heterocycles. The fourth-order valence-corrected chi connectivity index (χ4v) is 5.82. The van der Waals surface area contributed by atoms with Crippen molar-refractivity contribution >= 4 is 27.5 Å². The highest BCUT2D eigenvalue weighted by Crippen LogP contribution is 2.41. The number of hydrogen-bond acceptors (Lipinski definition) is 5. The van der Waals surface area contributed by atoms with Crippen LogP contribution in [0.2, 0.25) is 0 Å². The number of phenols is 2. The molecule has 196 valence electrons. The third-order valence-corrected chi connectivity index (χ3v) is 7.72. The van der Waals surface area contributed by atoms with Crippen molar-refractivity contribution in [2.45, 2.75) is 18.9 Å². The summed E-state index contributed by atoms with van der Waals surface area (Å²) in [6, 6.07) is 26.6. The minimum absolute atomic E-state index is 0.0312. The van der Waals surface area contributed by atoms with E-state index in [1.54, 1.807) is 18.2 Å². The Bertz CT molecular complexity index is 1670. The van der Waals surface area contributed by atoms with Gasteiger partial charge in [0.2, 0.25) is 0 Å². The third kappa shape index (κ3) is 4.28. The average molecular weight is 520 g/mol. The van der Waals surface area contributed by atoms with Crippen LogP contribution in [0.4, 0.5) is 0 Å². The smallest absolute Gasteiger partial charge is 0.255 e. The molecule has 0 radical (unpaired) electrons. The molecule has 1 heterocycles. The Hall–Kier alpha value is -4.71. The summed E-state index contributed by atoms with van der Waals surface area (Å²) in [5, 5.41) is 25.0. The van der Waals surface area contributed by atoms with E-state index in [0.29, 0.717) is 36.4 Å². The number of hydrogen-bond donors (Lipinski definition) is 2. The molecular weight excluding hydrogens is 490 g/mol. The van der Waals surface area contributed by atoms with E-state index in [1.807, 2.05) is 65.6 Å². The SMILES string of the molecule is COc1ccc(CC2c3cc(O)c(OC)cc3CCN2C(=O)c2c3ccccc3cc3ccccc23)cc1O. The number of aromatic hydroxyl groups is 2. The predicted octanol–water partition coefficient (Wildman–Crippen LogP) is 6.40. The molecule has 6 nitrogen and oxygen atoms in total. The quantitative estimate of drug-likeness (QED) is 0.263. The Morgan fingerprint density at radius 2 is 1.46 bits per heavy atom. The maximum atomic E-state index is 14.6. The van der Waals surface area contributed by atoms with Crippen molar-refractivity contribution < 1.29 is 24.5 Å². The van der Waals surface area contributed by atoms with Crippen LogP contribution in [0.3, 0.4) is 0 Å². The van der Waals surface area contributed by atoms with Crippen LogP contribution >= 0.6 is 0 Å². The highest BCUT2D eigenvalue weighted by molar-refractivity contribution is 6.18. The molecular formula is C33H29NO5. The highest BCUT2D eigenvalue weighted by Gasteiger charge is 2.34. The van der Waals surface area contributed by atoms with Crippen molar-refractivity contribution in [3.63, 3.8) is 0 Å². The fourth-order valence-electron chi connectivity index (χ4n) is 5.82. The molecule has 1 aliphatic heterocycles. The van der Waals surface area contributed by atoms with Gasteiger partial charge in [0, 0.05) is 6.54 Å². The number of carbonyl (C=O) groups is 1. The van der Waals surface area contributed by atoms with Gasteiger partial charge in [-0.05, 0) is 81.4 Å². The number of ether oxygens (including phenoxy) is 2. The van der Waals surface area contributed by atoms with E-state index < -0.39 is 0 Å². The Morgan fingerprint density at radius 1 is 0.821 bits per heavy atom. The molecule has 39 heavy (non-hydrogen) atoms. The van der Waals surface area contributed by atoms with Crippen LogP contribution in [0.15, 0.2) is 84.9 Å². The lowest BCUT2D eigenvalue weighted by Crippen LogP contribution is -2.41. The van der Waals surface area contributed by atoms with Gasteiger partial charge in [-0.2, -0.15) is 0 Å². The van der Waals surface area contributed by atoms with E-state index in [2.05, 4.69) is 6.07 Å². The molecule has 0 saturated carbocycles. The number of amides is 1. The number of carbonyl (C=O) groups excluding carboxylic acids is 1. The summed E-state index contributed by atoms with van der Waals surface area (Å²) in [6.45, 7) is 0.504. The van der Waals surface area contributed by atoms with E-state index in [0.717, 1.165) is 38.2 Å². The molecule has 1 atom stereocenters. The summed E-state index contributed by atoms with van der Waals surface area (Å²) in [6.07, 6.45) is 1.08. The summed E-state index contributed by atoms with van der Waals surface area (Å²) in [5.74, 6) is 0.812. The lowest BCUT2D eigenvalue weighted by Gasteiger charge is -2.38. The van der Waals surface area contributed by atoms with Crippen LogP contribution in [-0.2, 0) is 12.8 Å². The molecule has 2 N–H and O–H groups in total. The van der Waals surface area contributed by atoms with Crippen LogP contribution in [-0.4, -0.2) is 41.8 Å². The summed E-state index contributed by atoms with van der Waals surface area (Å²) in [5.41, 5.74) is 3.42. The fraction of sp³-hybridized carbons (Fsp3) is 0.182. The first kappa shape index (κ1) is 24.6. The van der Waals surface area contributed by atoms with E-state index >= 15 is 0 Å². The van der Waals surface area contributed by atoms with Crippen LogP contribution in [0, 0.1) is 0 Å². The first-order valence-electron chi connectivity index (χ1n) is 13.0. The number of rotatable bonds is 5. The second-order valence-corrected chi connectivity index (χ2v) is 9.89. The molecule has 0 spiro atoms. The summed E-state index contributed by atoms with van der Waals surface area (Å²) in [4.78, 5) is 16.5. The van der Waals surface area contributed by atoms with E-state index in [9.17, 15) is 15.0 Å². The normalized spacial score (nSPS) is 14.8. The number of phenolic OH excluding ortho intramolecular Hbond substituents is 2. The predicted molar refractivity (Wildman–Crippen MR) is 152 cm³/mol. The zero-order valence-electron chi connectivity index (χ0n) is 21.8. The Balaban J connectivity index is 1.51. The molecule has 1 amide bonds. The van der Waals surface area contributed by atoms with Gasteiger partial charge in [-0.15, -0.1) is 0 Å². The zero-order chi connectivity index (χ0) is 27.1. The van der Waals surface area contributed by atoms with Gasteiger partial charge in [-0.25, -0.2) is 0 Å². The summed E-state index contributed by atoms with van der Waals surface area (Å²) < 4.78 is 10.6. The molecule has 5 aromatic carbocycles. The van der Waals surface area contributed by atoms with Gasteiger partial charge in [-0.3, -0.25) is 4.79 Å². The Labute approximate surface area is 226 Å². The van der Waals surface area contributed by atoms with E-state index in [-0.39, 0.29) is 23.4 Å². The minimum atomic E-state index is -0.372. The van der Waals surface area contributed by atoms with Gasteiger partial charge >= 0.3 is 0 Å². The minimum Gasteiger partial charge on any atom is -0.504 e. The van der Waals surface area contributed by atoms with E-state index in [4.69, 9.17) is 9.47 Å². The molecule has 0 fully saturated rings. The number of benzene rings is 5. The molecule has 0 aliphatic carbocycles.